The number of amides is 1. The number of aliphatic hydroxyl groups is 1. The average Bonchev–Trinajstić information content (AvgIpc) is 2.32. The van der Waals surface area contributed by atoms with Gasteiger partial charge in [0.1, 0.15) is 6.54 Å². The van der Waals surface area contributed by atoms with Gasteiger partial charge >= 0.3 is 0 Å². The summed E-state index contributed by atoms with van der Waals surface area (Å²) in [6.45, 7) is 1.73. The first-order chi connectivity index (χ1) is 8.13. The first-order valence-corrected chi connectivity index (χ1v) is 6.24. The molecule has 4 nitrogen and oxygen atoms in total. The van der Waals surface area contributed by atoms with E-state index in [-0.39, 0.29) is 12.5 Å². The van der Waals surface area contributed by atoms with Crippen LogP contribution in [0.25, 0.3) is 0 Å². The maximum absolute atomic E-state index is 11.7. The molecule has 0 saturated carbocycles. The van der Waals surface area contributed by atoms with E-state index in [1.807, 2.05) is 18.2 Å². The Morgan fingerprint density at radius 3 is 3.06 bits per heavy atom. The number of carbonyl (C=O) groups is 1. The minimum atomic E-state index is -0.578. The van der Waals surface area contributed by atoms with Crippen molar-refractivity contribution in [2.75, 3.05) is 17.2 Å². The van der Waals surface area contributed by atoms with E-state index in [4.69, 9.17) is 5.26 Å². The molecule has 2 rings (SSSR count). The van der Waals surface area contributed by atoms with Gasteiger partial charge in [-0.15, -0.1) is 11.8 Å². The van der Waals surface area contributed by atoms with Gasteiger partial charge in [0.05, 0.1) is 23.6 Å². The predicted octanol–water partition coefficient (Wildman–Crippen LogP) is 1.70. The molecule has 1 atom stereocenters. The summed E-state index contributed by atoms with van der Waals surface area (Å²) in [5.74, 6) is 0.301. The molecule has 0 aromatic heterocycles. The lowest BCUT2D eigenvalue weighted by Crippen LogP contribution is -2.35. The third-order valence-corrected chi connectivity index (χ3v) is 3.68. The highest BCUT2D eigenvalue weighted by Crippen LogP contribution is 2.36. The third kappa shape index (κ3) is 2.28. The Balaban J connectivity index is 2.45. The molecule has 0 bridgehead atoms. The van der Waals surface area contributed by atoms with Gasteiger partial charge in [0.25, 0.3) is 0 Å². The number of rotatable bonds is 2. The normalized spacial score (nSPS) is 16.3. The van der Waals surface area contributed by atoms with E-state index in [9.17, 15) is 9.90 Å². The number of hydrogen-bond acceptors (Lipinski definition) is 4. The Morgan fingerprint density at radius 1 is 1.65 bits per heavy atom. The van der Waals surface area contributed by atoms with Crippen LogP contribution in [0.5, 0.6) is 0 Å². The van der Waals surface area contributed by atoms with Crippen LogP contribution in [0, 0.1) is 11.3 Å². The van der Waals surface area contributed by atoms with Crippen molar-refractivity contribution in [3.63, 3.8) is 0 Å². The molecule has 1 unspecified atom stereocenters. The molecule has 1 N–H and O–H groups in total. The molecule has 1 heterocycles. The minimum Gasteiger partial charge on any atom is -0.389 e. The van der Waals surface area contributed by atoms with Crippen molar-refractivity contribution in [1.29, 1.82) is 5.26 Å². The topological polar surface area (TPSA) is 64.3 Å². The van der Waals surface area contributed by atoms with Crippen molar-refractivity contribution < 1.29 is 9.90 Å². The molecule has 0 radical (unpaired) electrons. The van der Waals surface area contributed by atoms with E-state index in [1.54, 1.807) is 13.0 Å². The lowest BCUT2D eigenvalue weighted by molar-refractivity contribution is -0.116. The van der Waals surface area contributed by atoms with E-state index in [1.165, 1.54) is 16.7 Å². The van der Waals surface area contributed by atoms with Crippen molar-refractivity contribution >= 4 is 23.4 Å². The van der Waals surface area contributed by atoms with Crippen LogP contribution in [0.3, 0.4) is 0 Å². The Hall–Kier alpha value is -1.51. The van der Waals surface area contributed by atoms with E-state index in [0.717, 1.165) is 16.1 Å². The van der Waals surface area contributed by atoms with Gasteiger partial charge in [0, 0.05) is 4.90 Å². The summed E-state index contributed by atoms with van der Waals surface area (Å²) < 4.78 is 0. The molecule has 17 heavy (non-hydrogen) atoms. The zero-order chi connectivity index (χ0) is 12.4. The van der Waals surface area contributed by atoms with Crippen LogP contribution in [0.2, 0.25) is 0 Å². The lowest BCUT2D eigenvalue weighted by Gasteiger charge is -2.27. The maximum Gasteiger partial charge on any atom is 0.238 e. The summed E-state index contributed by atoms with van der Waals surface area (Å²) in [7, 11) is 0. The van der Waals surface area contributed by atoms with Gasteiger partial charge in [0.15, 0.2) is 0 Å². The third-order valence-electron chi connectivity index (χ3n) is 2.64. The number of fused-ring (bicyclic) bond motifs is 1. The Bertz CT molecular complexity index is 494. The largest absolute Gasteiger partial charge is 0.389 e. The van der Waals surface area contributed by atoms with Gasteiger partial charge < -0.3 is 5.11 Å². The second kappa shape index (κ2) is 4.78. The van der Waals surface area contributed by atoms with E-state index >= 15 is 0 Å². The predicted molar refractivity (Wildman–Crippen MR) is 65.8 cm³/mol. The van der Waals surface area contributed by atoms with Gasteiger partial charge in [-0.1, -0.05) is 6.07 Å². The first kappa shape index (κ1) is 12.0. The second-order valence-electron chi connectivity index (χ2n) is 3.83. The fraction of sp³-hybridized carbons (Fsp3) is 0.333. The van der Waals surface area contributed by atoms with Crippen molar-refractivity contribution in [1.82, 2.24) is 0 Å². The highest BCUT2D eigenvalue weighted by Gasteiger charge is 2.24. The molecule has 1 aromatic rings. The SMILES string of the molecule is CC(O)c1ccc2c(c1)N(CC#N)C(=O)CS2. The molecule has 5 heteroatoms. The number of nitriles is 1. The molecule has 1 aliphatic rings. The van der Waals surface area contributed by atoms with Gasteiger partial charge in [-0.25, -0.2) is 0 Å². The Labute approximate surface area is 104 Å². The summed E-state index contributed by atoms with van der Waals surface area (Å²) in [4.78, 5) is 14.2. The number of anilines is 1. The molecule has 0 fully saturated rings. The summed E-state index contributed by atoms with van der Waals surface area (Å²) in [6.07, 6.45) is -0.578. The molecule has 0 saturated heterocycles. The molecule has 1 amide bonds. The molecule has 88 valence electrons. The molecular weight excluding hydrogens is 236 g/mol. The fourth-order valence-electron chi connectivity index (χ4n) is 1.72. The summed E-state index contributed by atoms with van der Waals surface area (Å²) in [6, 6.07) is 7.50. The maximum atomic E-state index is 11.7. The van der Waals surface area contributed by atoms with E-state index < -0.39 is 6.10 Å². The quantitative estimate of drug-likeness (QED) is 0.809. The average molecular weight is 248 g/mol. The molecule has 1 aliphatic heterocycles. The van der Waals surface area contributed by atoms with Gasteiger partial charge in [-0.3, -0.25) is 9.69 Å². The smallest absolute Gasteiger partial charge is 0.238 e. The van der Waals surface area contributed by atoms with E-state index in [2.05, 4.69) is 0 Å². The van der Waals surface area contributed by atoms with E-state index in [0.29, 0.717) is 5.75 Å². The van der Waals surface area contributed by atoms with Crippen molar-refractivity contribution in [2.45, 2.75) is 17.9 Å². The number of hydrogen-bond donors (Lipinski definition) is 1. The lowest BCUT2D eigenvalue weighted by atomic mass is 10.1. The zero-order valence-corrected chi connectivity index (χ0v) is 10.2. The molecule has 1 aromatic carbocycles. The number of aliphatic hydroxyl groups excluding tert-OH is 1. The fourth-order valence-corrected chi connectivity index (χ4v) is 2.64. The standard InChI is InChI=1S/C12H12N2O2S/c1-8(15)9-2-3-11-10(6-9)14(5-4-13)12(16)7-17-11/h2-3,6,8,15H,5,7H2,1H3. The summed E-state index contributed by atoms with van der Waals surface area (Å²) in [5, 5.41) is 18.3. The number of benzene rings is 1. The molecular formula is C12H12N2O2S. The van der Waals surface area contributed by atoms with Crippen LogP contribution in [0.4, 0.5) is 5.69 Å². The summed E-state index contributed by atoms with van der Waals surface area (Å²) in [5.41, 5.74) is 1.48. The van der Waals surface area contributed by atoms with Crippen LogP contribution in [-0.4, -0.2) is 23.3 Å². The molecule has 0 spiro atoms. The number of nitrogens with zero attached hydrogens (tertiary/aromatic N) is 2. The van der Waals surface area contributed by atoms with Gasteiger partial charge in [0.2, 0.25) is 5.91 Å². The van der Waals surface area contributed by atoms with Crippen molar-refractivity contribution in [3.8, 4) is 6.07 Å². The van der Waals surface area contributed by atoms with Gasteiger partial charge in [-0.2, -0.15) is 5.26 Å². The van der Waals surface area contributed by atoms with Crippen molar-refractivity contribution in [2.24, 2.45) is 0 Å². The van der Waals surface area contributed by atoms with Crippen LogP contribution >= 0.6 is 11.8 Å². The minimum absolute atomic E-state index is 0.0512. The van der Waals surface area contributed by atoms with Crippen LogP contribution in [0.15, 0.2) is 23.1 Å². The van der Waals surface area contributed by atoms with Crippen LogP contribution < -0.4 is 4.90 Å². The number of carbonyl (C=O) groups excluding carboxylic acids is 1. The molecule has 0 aliphatic carbocycles. The number of thioether (sulfide) groups is 1. The van der Waals surface area contributed by atoms with Crippen LogP contribution in [-0.2, 0) is 4.79 Å². The van der Waals surface area contributed by atoms with Crippen molar-refractivity contribution in [3.05, 3.63) is 23.8 Å². The first-order valence-electron chi connectivity index (χ1n) is 5.25. The highest BCUT2D eigenvalue weighted by atomic mass is 32.2. The van der Waals surface area contributed by atoms with Crippen LogP contribution in [0.1, 0.15) is 18.6 Å². The second-order valence-corrected chi connectivity index (χ2v) is 4.85. The summed E-state index contributed by atoms with van der Waals surface area (Å²) >= 11 is 1.46. The Morgan fingerprint density at radius 2 is 2.41 bits per heavy atom. The Kier molecular flexibility index (Phi) is 3.36. The zero-order valence-electron chi connectivity index (χ0n) is 9.38. The van der Waals surface area contributed by atoms with Gasteiger partial charge in [-0.05, 0) is 24.6 Å². The monoisotopic (exact) mass is 248 g/mol. The highest BCUT2D eigenvalue weighted by molar-refractivity contribution is 8.00.